The number of hydrogen-bond donors (Lipinski definition) is 1. The topological polar surface area (TPSA) is 71.1 Å². The minimum atomic E-state index is -0.173. The molecule has 0 bridgehead atoms. The lowest BCUT2D eigenvalue weighted by atomic mass is 10.1. The van der Waals surface area contributed by atoms with Gasteiger partial charge in [-0.15, -0.1) is 0 Å². The number of carbonyl (C=O) groups excluding carboxylic acids is 2. The van der Waals surface area contributed by atoms with Gasteiger partial charge in [-0.2, -0.15) is 0 Å². The Kier molecular flexibility index (Phi) is 8.33. The van der Waals surface area contributed by atoms with E-state index in [4.69, 9.17) is 21.1 Å². The summed E-state index contributed by atoms with van der Waals surface area (Å²) in [5, 5.41) is 3.44. The Morgan fingerprint density at radius 3 is 2.28 bits per heavy atom. The van der Waals surface area contributed by atoms with E-state index in [0.717, 1.165) is 23.5 Å². The van der Waals surface area contributed by atoms with E-state index < -0.39 is 0 Å². The highest BCUT2D eigenvalue weighted by Gasteiger charge is 2.24. The van der Waals surface area contributed by atoms with Gasteiger partial charge in [-0.25, -0.2) is 0 Å². The summed E-state index contributed by atoms with van der Waals surface area (Å²) in [4.78, 5) is 29.7. The molecule has 188 valence electrons. The van der Waals surface area contributed by atoms with E-state index >= 15 is 0 Å². The SMILES string of the molecule is CCCOc1ccc(C(=O)Nc2ccc(N3CCN(C(=O)c4cc(Cl)ccc4OC)CC3)cc2)cc1. The Morgan fingerprint density at radius 2 is 1.64 bits per heavy atom. The zero-order chi connectivity index (χ0) is 25.5. The fraction of sp³-hybridized carbons (Fsp3) is 0.286. The van der Waals surface area contributed by atoms with E-state index in [1.165, 1.54) is 0 Å². The third-order valence-corrected chi connectivity index (χ3v) is 6.27. The first-order valence-corrected chi connectivity index (χ1v) is 12.4. The molecule has 8 heteroatoms. The smallest absolute Gasteiger partial charge is 0.257 e. The number of halogens is 1. The normalized spacial score (nSPS) is 13.3. The molecule has 0 unspecified atom stereocenters. The van der Waals surface area contributed by atoms with E-state index in [-0.39, 0.29) is 11.8 Å². The molecule has 0 aliphatic carbocycles. The molecule has 7 nitrogen and oxygen atoms in total. The minimum Gasteiger partial charge on any atom is -0.496 e. The lowest BCUT2D eigenvalue weighted by molar-refractivity contribution is 0.0743. The lowest BCUT2D eigenvalue weighted by Crippen LogP contribution is -2.48. The fourth-order valence-electron chi connectivity index (χ4n) is 4.07. The number of benzene rings is 3. The van der Waals surface area contributed by atoms with Crippen molar-refractivity contribution in [1.29, 1.82) is 0 Å². The maximum Gasteiger partial charge on any atom is 0.257 e. The molecule has 1 saturated heterocycles. The number of piperazine rings is 1. The summed E-state index contributed by atoms with van der Waals surface area (Å²) >= 11 is 6.10. The molecule has 0 spiro atoms. The van der Waals surface area contributed by atoms with Crippen molar-refractivity contribution in [1.82, 2.24) is 4.90 Å². The fourth-order valence-corrected chi connectivity index (χ4v) is 4.24. The van der Waals surface area contributed by atoms with Gasteiger partial charge >= 0.3 is 0 Å². The number of nitrogens with zero attached hydrogens (tertiary/aromatic N) is 2. The second-order valence-corrected chi connectivity index (χ2v) is 8.93. The van der Waals surface area contributed by atoms with Crippen LogP contribution in [0.5, 0.6) is 11.5 Å². The molecule has 1 N–H and O–H groups in total. The van der Waals surface area contributed by atoms with Crippen LogP contribution in [-0.2, 0) is 0 Å². The third kappa shape index (κ3) is 6.10. The number of hydrogen-bond acceptors (Lipinski definition) is 5. The molecule has 1 aliphatic rings. The first kappa shape index (κ1) is 25.4. The quantitative estimate of drug-likeness (QED) is 0.445. The standard InChI is InChI=1S/C28H30ClN3O4/c1-3-18-36-24-11-4-20(5-12-24)27(33)30-22-7-9-23(10-8-22)31-14-16-32(17-15-31)28(34)25-19-21(29)6-13-26(25)35-2/h4-13,19H,3,14-18H2,1-2H3,(H,30,33). The molecular weight excluding hydrogens is 478 g/mol. The van der Waals surface area contributed by atoms with Crippen LogP contribution in [0, 0.1) is 0 Å². The number of anilines is 2. The van der Waals surface area contributed by atoms with Crippen LogP contribution in [0.3, 0.4) is 0 Å². The second kappa shape index (κ2) is 11.8. The van der Waals surface area contributed by atoms with E-state index in [1.807, 2.05) is 36.1 Å². The Bertz CT molecular complexity index is 1190. The zero-order valence-corrected chi connectivity index (χ0v) is 21.3. The third-order valence-electron chi connectivity index (χ3n) is 6.04. The van der Waals surface area contributed by atoms with Crippen molar-refractivity contribution in [3.8, 4) is 11.5 Å². The largest absolute Gasteiger partial charge is 0.496 e. The molecule has 0 saturated carbocycles. The summed E-state index contributed by atoms with van der Waals surface area (Å²) in [6, 6.07) is 19.9. The van der Waals surface area contributed by atoms with Gasteiger partial charge in [-0.3, -0.25) is 9.59 Å². The molecule has 2 amide bonds. The van der Waals surface area contributed by atoms with Crippen molar-refractivity contribution in [3.05, 3.63) is 82.9 Å². The first-order valence-electron chi connectivity index (χ1n) is 12.0. The van der Waals surface area contributed by atoms with E-state index in [1.54, 1.807) is 49.6 Å². The molecular formula is C28H30ClN3O4. The minimum absolute atomic E-state index is 0.0861. The summed E-state index contributed by atoms with van der Waals surface area (Å²) < 4.78 is 10.9. The first-order chi connectivity index (χ1) is 17.5. The Labute approximate surface area is 216 Å². The lowest BCUT2D eigenvalue weighted by Gasteiger charge is -2.36. The van der Waals surface area contributed by atoms with Gasteiger partial charge in [0.05, 0.1) is 19.3 Å². The highest BCUT2D eigenvalue weighted by Crippen LogP contribution is 2.26. The van der Waals surface area contributed by atoms with Gasteiger partial charge in [0.15, 0.2) is 0 Å². The van der Waals surface area contributed by atoms with Crippen LogP contribution in [0.1, 0.15) is 34.1 Å². The maximum absolute atomic E-state index is 13.0. The Hall–Kier alpha value is -3.71. The molecule has 3 aromatic rings. The van der Waals surface area contributed by atoms with Crippen molar-refractivity contribution in [2.24, 2.45) is 0 Å². The summed E-state index contributed by atoms with van der Waals surface area (Å²) in [5.74, 6) is 1.02. The van der Waals surface area contributed by atoms with Gasteiger partial charge in [0.2, 0.25) is 0 Å². The number of rotatable bonds is 8. The van der Waals surface area contributed by atoms with E-state index in [0.29, 0.717) is 54.7 Å². The molecule has 0 aromatic heterocycles. The molecule has 1 fully saturated rings. The van der Waals surface area contributed by atoms with Gasteiger partial charge in [0, 0.05) is 48.1 Å². The van der Waals surface area contributed by atoms with Crippen LogP contribution in [-0.4, -0.2) is 56.6 Å². The highest BCUT2D eigenvalue weighted by atomic mass is 35.5. The highest BCUT2D eigenvalue weighted by molar-refractivity contribution is 6.31. The predicted molar refractivity (Wildman–Crippen MR) is 143 cm³/mol. The summed E-state index contributed by atoms with van der Waals surface area (Å²) in [6.45, 7) is 5.28. The molecule has 0 atom stereocenters. The molecule has 3 aromatic carbocycles. The van der Waals surface area contributed by atoms with Crippen molar-refractivity contribution in [3.63, 3.8) is 0 Å². The van der Waals surface area contributed by atoms with Crippen molar-refractivity contribution < 1.29 is 19.1 Å². The van der Waals surface area contributed by atoms with Gasteiger partial charge in [-0.1, -0.05) is 18.5 Å². The van der Waals surface area contributed by atoms with Crippen LogP contribution in [0.2, 0.25) is 5.02 Å². The number of amides is 2. The summed E-state index contributed by atoms with van der Waals surface area (Å²) in [5.41, 5.74) is 2.80. The summed E-state index contributed by atoms with van der Waals surface area (Å²) in [7, 11) is 1.54. The Morgan fingerprint density at radius 1 is 0.944 bits per heavy atom. The monoisotopic (exact) mass is 507 g/mol. The number of ether oxygens (including phenoxy) is 2. The molecule has 0 radical (unpaired) electrons. The van der Waals surface area contributed by atoms with Crippen molar-refractivity contribution in [2.45, 2.75) is 13.3 Å². The maximum atomic E-state index is 13.0. The predicted octanol–water partition coefficient (Wildman–Crippen LogP) is 5.35. The van der Waals surface area contributed by atoms with E-state index in [9.17, 15) is 9.59 Å². The second-order valence-electron chi connectivity index (χ2n) is 8.50. The van der Waals surface area contributed by atoms with E-state index in [2.05, 4.69) is 10.2 Å². The molecule has 1 aliphatic heterocycles. The number of methoxy groups -OCH3 is 1. The van der Waals surface area contributed by atoms with Gasteiger partial charge in [-0.05, 0) is 73.2 Å². The average Bonchev–Trinajstić information content (AvgIpc) is 2.92. The van der Waals surface area contributed by atoms with Gasteiger partial charge < -0.3 is 24.6 Å². The van der Waals surface area contributed by atoms with Gasteiger partial charge in [0.1, 0.15) is 11.5 Å². The van der Waals surface area contributed by atoms with Crippen LogP contribution in [0.25, 0.3) is 0 Å². The average molecular weight is 508 g/mol. The van der Waals surface area contributed by atoms with Crippen molar-refractivity contribution >= 4 is 34.8 Å². The van der Waals surface area contributed by atoms with Crippen molar-refractivity contribution in [2.75, 3.05) is 50.1 Å². The number of carbonyl (C=O) groups is 2. The summed E-state index contributed by atoms with van der Waals surface area (Å²) in [6.07, 6.45) is 0.935. The van der Waals surface area contributed by atoms with Crippen LogP contribution >= 0.6 is 11.6 Å². The molecule has 4 rings (SSSR count). The van der Waals surface area contributed by atoms with Crippen LogP contribution in [0.15, 0.2) is 66.7 Å². The Balaban J connectivity index is 1.32. The molecule has 1 heterocycles. The van der Waals surface area contributed by atoms with Gasteiger partial charge in [0.25, 0.3) is 11.8 Å². The number of nitrogens with one attached hydrogen (secondary N) is 1. The molecule has 36 heavy (non-hydrogen) atoms. The zero-order valence-electron chi connectivity index (χ0n) is 20.5. The van der Waals surface area contributed by atoms with Crippen LogP contribution < -0.4 is 19.7 Å². The van der Waals surface area contributed by atoms with Crippen LogP contribution in [0.4, 0.5) is 11.4 Å².